The number of benzene rings is 2. The Morgan fingerprint density at radius 1 is 1.17 bits per heavy atom. The van der Waals surface area contributed by atoms with Gasteiger partial charge >= 0.3 is 6.18 Å². The zero-order valence-electron chi connectivity index (χ0n) is 20.2. The molecule has 190 valence electrons. The van der Waals surface area contributed by atoms with Crippen LogP contribution in [0.25, 0.3) is 10.9 Å². The average molecular weight is 500 g/mol. The number of aryl methyl sites for hydroxylation is 1. The second kappa shape index (κ2) is 9.28. The number of carbonyl (C=O) groups excluding carboxylic acids is 1. The molecular formula is C27H28F3N3O3. The molecule has 1 atom stereocenters. The lowest BCUT2D eigenvalue weighted by Crippen LogP contribution is -2.48. The van der Waals surface area contributed by atoms with Gasteiger partial charge in [-0.15, -0.1) is 0 Å². The molecule has 0 spiro atoms. The van der Waals surface area contributed by atoms with Gasteiger partial charge in [0.2, 0.25) is 0 Å². The number of likely N-dealkylation sites (N-methyl/N-ethyl adjacent to an activating group) is 1. The largest absolute Gasteiger partial charge is 0.492 e. The minimum absolute atomic E-state index is 0.0709. The minimum Gasteiger partial charge on any atom is -0.492 e. The fourth-order valence-corrected chi connectivity index (χ4v) is 4.58. The van der Waals surface area contributed by atoms with E-state index in [1.807, 2.05) is 25.1 Å². The average Bonchev–Trinajstić information content (AvgIpc) is 3.62. The van der Waals surface area contributed by atoms with Crippen molar-refractivity contribution in [1.82, 2.24) is 15.2 Å². The quantitative estimate of drug-likeness (QED) is 0.473. The van der Waals surface area contributed by atoms with E-state index in [-0.39, 0.29) is 11.7 Å². The molecule has 1 N–H and O–H groups in total. The van der Waals surface area contributed by atoms with Gasteiger partial charge in [0.25, 0.3) is 5.91 Å². The summed E-state index contributed by atoms with van der Waals surface area (Å²) in [6, 6.07) is 12.6. The van der Waals surface area contributed by atoms with E-state index in [9.17, 15) is 18.0 Å². The Balaban J connectivity index is 1.39. The van der Waals surface area contributed by atoms with Crippen LogP contribution in [-0.2, 0) is 5.54 Å². The van der Waals surface area contributed by atoms with Gasteiger partial charge in [-0.3, -0.25) is 14.7 Å². The van der Waals surface area contributed by atoms with Crippen molar-refractivity contribution in [3.8, 4) is 11.5 Å². The number of alkyl halides is 3. The molecule has 1 aliphatic carbocycles. The number of carbonyl (C=O) groups is 1. The van der Waals surface area contributed by atoms with Gasteiger partial charge in [-0.25, -0.2) is 0 Å². The summed E-state index contributed by atoms with van der Waals surface area (Å²) in [7, 11) is 2.06. The molecule has 0 bridgehead atoms. The number of rotatable bonds is 8. The number of aromatic nitrogens is 1. The molecule has 6 nitrogen and oxygen atoms in total. The van der Waals surface area contributed by atoms with Gasteiger partial charge in [-0.2, -0.15) is 13.2 Å². The van der Waals surface area contributed by atoms with Crippen molar-refractivity contribution in [2.75, 3.05) is 26.8 Å². The van der Waals surface area contributed by atoms with E-state index >= 15 is 0 Å². The molecule has 2 heterocycles. The monoisotopic (exact) mass is 499 g/mol. The van der Waals surface area contributed by atoms with Gasteiger partial charge in [0.1, 0.15) is 18.1 Å². The van der Waals surface area contributed by atoms with Gasteiger partial charge < -0.3 is 14.8 Å². The third-order valence-corrected chi connectivity index (χ3v) is 7.05. The predicted molar refractivity (Wildman–Crippen MR) is 129 cm³/mol. The third-order valence-electron chi connectivity index (χ3n) is 7.05. The number of likely N-dealkylation sites (tertiary alicyclic amines) is 1. The maximum absolute atomic E-state index is 13.4. The van der Waals surface area contributed by atoms with Crippen molar-refractivity contribution < 1.29 is 27.4 Å². The molecule has 36 heavy (non-hydrogen) atoms. The number of halogens is 3. The van der Waals surface area contributed by atoms with E-state index in [0.717, 1.165) is 23.9 Å². The van der Waals surface area contributed by atoms with E-state index in [2.05, 4.69) is 22.2 Å². The van der Waals surface area contributed by atoms with E-state index in [1.165, 1.54) is 6.07 Å². The minimum atomic E-state index is -4.45. The standard InChI is InChI=1S/C27H28F3N3O3/c1-17-5-6-19(35-15-18-7-11-33(18)2)12-22(17)25(34)32-26(8-9-26)23-13-20(36-16-27(28,29)30)14-24-21(23)4-3-10-31-24/h3-6,10,12-14,18H,7-9,11,15-16H2,1-2H3,(H,32,34). The van der Waals surface area contributed by atoms with E-state index < -0.39 is 18.3 Å². The second-order valence-electron chi connectivity index (χ2n) is 9.69. The fraction of sp³-hybridized carbons (Fsp3) is 0.407. The van der Waals surface area contributed by atoms with Crippen LogP contribution in [0, 0.1) is 6.92 Å². The Kier molecular flexibility index (Phi) is 6.28. The Bertz CT molecular complexity index is 1290. The van der Waals surface area contributed by atoms with Crippen molar-refractivity contribution in [3.63, 3.8) is 0 Å². The first-order valence-corrected chi connectivity index (χ1v) is 12.0. The van der Waals surface area contributed by atoms with E-state index in [4.69, 9.17) is 9.47 Å². The van der Waals surface area contributed by atoms with Crippen molar-refractivity contribution in [2.24, 2.45) is 0 Å². The summed E-state index contributed by atoms with van der Waals surface area (Å²) in [5, 5.41) is 3.92. The van der Waals surface area contributed by atoms with E-state index in [0.29, 0.717) is 47.9 Å². The van der Waals surface area contributed by atoms with E-state index in [1.54, 1.807) is 24.4 Å². The number of amides is 1. The molecule has 2 aliphatic rings. The summed E-state index contributed by atoms with van der Waals surface area (Å²) < 4.78 is 49.3. The molecular weight excluding hydrogens is 471 g/mol. The molecule has 9 heteroatoms. The highest BCUT2D eigenvalue weighted by Crippen LogP contribution is 2.49. The summed E-state index contributed by atoms with van der Waals surface area (Å²) in [4.78, 5) is 19.9. The van der Waals surface area contributed by atoms with Crippen LogP contribution in [0.3, 0.4) is 0 Å². The summed E-state index contributed by atoms with van der Waals surface area (Å²) in [5.74, 6) is 0.449. The highest BCUT2D eigenvalue weighted by atomic mass is 19.4. The maximum atomic E-state index is 13.4. The lowest BCUT2D eigenvalue weighted by Gasteiger charge is -2.37. The van der Waals surface area contributed by atoms with Crippen molar-refractivity contribution in [2.45, 2.75) is 43.9 Å². The summed E-state index contributed by atoms with van der Waals surface area (Å²) in [6.45, 7) is 2.09. The highest BCUT2D eigenvalue weighted by Gasteiger charge is 2.47. The van der Waals surface area contributed by atoms with Crippen molar-refractivity contribution in [1.29, 1.82) is 0 Å². The molecule has 1 unspecified atom stereocenters. The molecule has 3 aromatic rings. The zero-order chi connectivity index (χ0) is 25.5. The fourth-order valence-electron chi connectivity index (χ4n) is 4.58. The second-order valence-corrected chi connectivity index (χ2v) is 9.69. The van der Waals surface area contributed by atoms with Crippen LogP contribution in [0.15, 0.2) is 48.7 Å². The van der Waals surface area contributed by atoms with Gasteiger partial charge in [0.15, 0.2) is 6.61 Å². The van der Waals surface area contributed by atoms with Gasteiger partial charge in [0, 0.05) is 29.3 Å². The molecule has 1 saturated carbocycles. The molecule has 2 fully saturated rings. The molecule has 1 aromatic heterocycles. The topological polar surface area (TPSA) is 63.7 Å². The molecule has 1 aliphatic heterocycles. The Morgan fingerprint density at radius 3 is 2.64 bits per heavy atom. The van der Waals surface area contributed by atoms with Gasteiger partial charge in [-0.1, -0.05) is 12.1 Å². The molecule has 1 saturated heterocycles. The lowest BCUT2D eigenvalue weighted by molar-refractivity contribution is -0.153. The van der Waals surface area contributed by atoms with Crippen LogP contribution in [0.2, 0.25) is 0 Å². The number of nitrogens with zero attached hydrogens (tertiary/aromatic N) is 2. The van der Waals surface area contributed by atoms with Gasteiger partial charge in [0.05, 0.1) is 11.1 Å². The Hall–Kier alpha value is -3.33. The van der Waals surface area contributed by atoms with Crippen LogP contribution in [-0.4, -0.2) is 54.8 Å². The van der Waals surface area contributed by atoms with Crippen LogP contribution >= 0.6 is 0 Å². The van der Waals surface area contributed by atoms with Crippen LogP contribution in [0.1, 0.15) is 40.7 Å². The number of ether oxygens (including phenoxy) is 2. The Morgan fingerprint density at radius 2 is 1.97 bits per heavy atom. The normalized spacial score (nSPS) is 19.0. The van der Waals surface area contributed by atoms with Gasteiger partial charge in [-0.05, 0) is 75.2 Å². The maximum Gasteiger partial charge on any atom is 0.422 e. The number of hydrogen-bond donors (Lipinski definition) is 1. The Labute approximate surface area is 207 Å². The summed E-state index contributed by atoms with van der Waals surface area (Å²) >= 11 is 0. The van der Waals surface area contributed by atoms with Crippen LogP contribution < -0.4 is 14.8 Å². The third kappa shape index (κ3) is 5.11. The number of hydrogen-bond acceptors (Lipinski definition) is 5. The zero-order valence-corrected chi connectivity index (χ0v) is 20.2. The number of pyridine rings is 1. The summed E-state index contributed by atoms with van der Waals surface area (Å²) in [6.07, 6.45) is -0.465. The van der Waals surface area contributed by atoms with Crippen molar-refractivity contribution in [3.05, 3.63) is 65.4 Å². The summed E-state index contributed by atoms with van der Waals surface area (Å²) in [5.41, 5.74) is 1.84. The highest BCUT2D eigenvalue weighted by molar-refractivity contribution is 5.97. The van der Waals surface area contributed by atoms with Crippen LogP contribution in [0.5, 0.6) is 11.5 Å². The van der Waals surface area contributed by atoms with Crippen molar-refractivity contribution >= 4 is 16.8 Å². The molecule has 0 radical (unpaired) electrons. The smallest absolute Gasteiger partial charge is 0.422 e. The molecule has 1 amide bonds. The SMILES string of the molecule is Cc1ccc(OCC2CCN2C)cc1C(=O)NC1(c2cc(OCC(F)(F)F)cc3ncccc23)CC1. The first kappa shape index (κ1) is 24.4. The van der Waals surface area contributed by atoms with Crippen LogP contribution in [0.4, 0.5) is 13.2 Å². The lowest BCUT2D eigenvalue weighted by atomic mass is 9.97. The molecule has 5 rings (SSSR count). The molecule has 2 aromatic carbocycles. The first-order chi connectivity index (χ1) is 17.1. The number of nitrogens with one attached hydrogen (secondary N) is 1. The number of fused-ring (bicyclic) bond motifs is 1. The predicted octanol–water partition coefficient (Wildman–Crippen LogP) is 4.99. The first-order valence-electron chi connectivity index (χ1n) is 12.0.